The Kier molecular flexibility index (Phi) is 6.09. The summed E-state index contributed by atoms with van der Waals surface area (Å²) in [5, 5.41) is 11.7. The van der Waals surface area contributed by atoms with E-state index in [9.17, 15) is 23.3 Å². The molecule has 0 aliphatic heterocycles. The van der Waals surface area contributed by atoms with Gasteiger partial charge < -0.3 is 14.2 Å². The van der Waals surface area contributed by atoms with Crippen LogP contribution in [0.3, 0.4) is 0 Å². The highest BCUT2D eigenvalue weighted by Gasteiger charge is 2.35. The van der Waals surface area contributed by atoms with E-state index in [1.54, 1.807) is 14.1 Å². The van der Waals surface area contributed by atoms with Gasteiger partial charge in [-0.3, -0.25) is 10.1 Å². The summed E-state index contributed by atoms with van der Waals surface area (Å²) >= 11 is 4.17. The number of nitro benzene ring substituents is 1. The fraction of sp³-hybridized carbons (Fsp3) is 0.267. The summed E-state index contributed by atoms with van der Waals surface area (Å²) in [4.78, 5) is 27.4. The van der Waals surface area contributed by atoms with Crippen molar-refractivity contribution in [3.05, 3.63) is 34.1 Å². The van der Waals surface area contributed by atoms with Gasteiger partial charge in [0.2, 0.25) is 0 Å². The molecule has 2 rings (SSSR count). The van der Waals surface area contributed by atoms with Gasteiger partial charge in [0.1, 0.15) is 22.6 Å². The Hall–Kier alpha value is -2.93. The van der Waals surface area contributed by atoms with E-state index in [0.717, 1.165) is 19.5 Å². The minimum atomic E-state index is -4.49. The van der Waals surface area contributed by atoms with Crippen molar-refractivity contribution >= 4 is 40.6 Å². The molecule has 150 valence electrons. The number of carbonyl (C=O) groups is 1. The Morgan fingerprint density at radius 3 is 2.57 bits per heavy atom. The maximum absolute atomic E-state index is 12.9. The minimum absolute atomic E-state index is 0.00274. The summed E-state index contributed by atoms with van der Waals surface area (Å²) in [5.74, 6) is -0.982. The molecule has 0 aliphatic rings. The molecule has 11 nitrogen and oxygen atoms in total. The molecule has 2 aromatic rings. The van der Waals surface area contributed by atoms with Crippen LogP contribution in [-0.2, 0) is 21.8 Å². The number of benzene rings is 1. The first-order valence-corrected chi connectivity index (χ1v) is 9.47. The molecule has 1 aromatic heterocycles. The second-order valence-corrected chi connectivity index (χ2v) is 7.78. The van der Waals surface area contributed by atoms with Crippen LogP contribution < -0.4 is 0 Å². The number of methoxy groups -OCH3 is 1. The third kappa shape index (κ3) is 3.99. The number of rotatable bonds is 6. The Bertz CT molecular complexity index is 1070. The van der Waals surface area contributed by atoms with Gasteiger partial charge in [-0.25, -0.2) is 9.78 Å². The molecule has 0 atom stereocenters. The second kappa shape index (κ2) is 7.98. The summed E-state index contributed by atoms with van der Waals surface area (Å²) in [5.41, 5.74) is -1.36. The first-order valence-electron chi connectivity index (χ1n) is 7.58. The molecule has 0 radical (unpaired) electrons. The molecule has 28 heavy (non-hydrogen) atoms. The summed E-state index contributed by atoms with van der Waals surface area (Å²) in [6.07, 6.45) is 3.86. The van der Waals surface area contributed by atoms with Crippen LogP contribution in [0.4, 0.5) is 5.69 Å². The number of nitro groups is 1. The van der Waals surface area contributed by atoms with Crippen molar-refractivity contribution in [1.29, 1.82) is 0 Å². The highest BCUT2D eigenvalue weighted by molar-refractivity contribution is 7.91. The van der Waals surface area contributed by atoms with Crippen molar-refractivity contribution < 1.29 is 22.9 Å². The number of hydrogen-bond donors (Lipinski definition) is 1. The van der Waals surface area contributed by atoms with E-state index >= 15 is 0 Å². The molecule has 0 bridgehead atoms. The van der Waals surface area contributed by atoms with E-state index in [4.69, 9.17) is 0 Å². The zero-order chi connectivity index (χ0) is 21.2. The van der Waals surface area contributed by atoms with Crippen molar-refractivity contribution in [2.75, 3.05) is 21.2 Å². The molecule has 0 fully saturated rings. The Morgan fingerprint density at radius 2 is 2.11 bits per heavy atom. The first kappa shape index (κ1) is 21.4. The maximum Gasteiger partial charge on any atom is 0.339 e. The number of sulfonamides is 1. The predicted molar refractivity (Wildman–Crippen MR) is 103 cm³/mol. The molecule has 0 N–H and O–H groups in total. The van der Waals surface area contributed by atoms with Crippen LogP contribution in [0.2, 0.25) is 0 Å². The third-order valence-electron chi connectivity index (χ3n) is 3.56. The largest absolute Gasteiger partial charge is 0.465 e. The number of imidazole rings is 1. The lowest BCUT2D eigenvalue weighted by Crippen LogP contribution is -2.14. The lowest BCUT2D eigenvalue weighted by atomic mass is 10.1. The van der Waals surface area contributed by atoms with Crippen LogP contribution in [0.15, 0.2) is 32.6 Å². The van der Waals surface area contributed by atoms with Gasteiger partial charge in [0.05, 0.1) is 17.6 Å². The summed E-state index contributed by atoms with van der Waals surface area (Å²) in [7, 11) is 1.21. The molecule has 0 aliphatic carbocycles. The Morgan fingerprint density at radius 1 is 1.46 bits per heavy atom. The standard InChI is InChI=1S/C15H17N5O6S2/c1-18(2)8-17-28(24,25)13-11(14-16-5-6-19(14)3)10(20(22)23)7-9(12(13)27)15(21)26-4/h5-8,27H,1-4H3. The highest BCUT2D eigenvalue weighted by Crippen LogP contribution is 2.41. The SMILES string of the molecule is COC(=O)c1cc([N+](=O)[O-])c(-c2nccn2C)c(S(=O)(=O)N=CN(C)C)c1S. The number of thiol groups is 1. The lowest BCUT2D eigenvalue weighted by Gasteiger charge is -2.14. The van der Waals surface area contributed by atoms with E-state index in [1.165, 1.54) is 28.9 Å². The van der Waals surface area contributed by atoms with Crippen LogP contribution in [0.5, 0.6) is 0 Å². The molecule has 0 spiro atoms. The van der Waals surface area contributed by atoms with Crippen LogP contribution in [0.1, 0.15) is 10.4 Å². The lowest BCUT2D eigenvalue weighted by molar-refractivity contribution is -0.384. The zero-order valence-corrected chi connectivity index (χ0v) is 17.1. The number of aromatic nitrogens is 2. The van der Waals surface area contributed by atoms with Crippen molar-refractivity contribution in [2.24, 2.45) is 11.4 Å². The van der Waals surface area contributed by atoms with Gasteiger partial charge in [-0.15, -0.1) is 17.0 Å². The van der Waals surface area contributed by atoms with Crippen molar-refractivity contribution in [3.8, 4) is 11.4 Å². The number of hydrogen-bond acceptors (Lipinski definition) is 8. The molecule has 1 heterocycles. The van der Waals surface area contributed by atoms with Gasteiger partial charge in [-0.2, -0.15) is 8.42 Å². The highest BCUT2D eigenvalue weighted by atomic mass is 32.2. The number of ether oxygens (including phenoxy) is 1. The topological polar surface area (TPSA) is 137 Å². The van der Waals surface area contributed by atoms with E-state index < -0.39 is 31.5 Å². The number of aryl methyl sites for hydroxylation is 1. The number of nitrogens with zero attached hydrogens (tertiary/aromatic N) is 5. The van der Waals surface area contributed by atoms with Gasteiger partial charge in [0.15, 0.2) is 0 Å². The van der Waals surface area contributed by atoms with Gasteiger partial charge in [-0.05, 0) is 0 Å². The monoisotopic (exact) mass is 427 g/mol. The average molecular weight is 427 g/mol. The molecule has 0 unspecified atom stereocenters. The van der Waals surface area contributed by atoms with Crippen molar-refractivity contribution in [1.82, 2.24) is 14.5 Å². The molecule has 0 saturated carbocycles. The van der Waals surface area contributed by atoms with Gasteiger partial charge in [-0.1, -0.05) is 0 Å². The first-order chi connectivity index (χ1) is 13.0. The molecule has 0 saturated heterocycles. The maximum atomic E-state index is 12.9. The molecule has 1 aromatic carbocycles. The van der Waals surface area contributed by atoms with Gasteiger partial charge in [0.25, 0.3) is 15.7 Å². The number of esters is 1. The van der Waals surface area contributed by atoms with Gasteiger partial charge >= 0.3 is 5.97 Å². The fourth-order valence-corrected chi connectivity index (χ4v) is 4.17. The average Bonchev–Trinajstić information content (AvgIpc) is 3.04. The van der Waals surface area contributed by atoms with E-state index in [-0.39, 0.29) is 21.8 Å². The van der Waals surface area contributed by atoms with Crippen molar-refractivity contribution in [2.45, 2.75) is 9.79 Å². The summed E-state index contributed by atoms with van der Waals surface area (Å²) in [6.45, 7) is 0. The van der Waals surface area contributed by atoms with E-state index in [0.29, 0.717) is 0 Å². The molecule has 13 heteroatoms. The second-order valence-electron chi connectivity index (χ2n) is 5.77. The van der Waals surface area contributed by atoms with E-state index in [1.807, 2.05) is 0 Å². The Labute approximate surface area is 166 Å². The zero-order valence-electron chi connectivity index (χ0n) is 15.4. The van der Waals surface area contributed by atoms with Crippen molar-refractivity contribution in [3.63, 3.8) is 0 Å². The van der Waals surface area contributed by atoms with E-state index in [2.05, 4.69) is 26.7 Å². The molecular formula is C15H17N5O6S2. The van der Waals surface area contributed by atoms with Crippen LogP contribution in [0.25, 0.3) is 11.4 Å². The minimum Gasteiger partial charge on any atom is -0.465 e. The fourth-order valence-electron chi connectivity index (χ4n) is 2.33. The number of carbonyl (C=O) groups excluding carboxylic acids is 1. The Balaban J connectivity index is 3.05. The quantitative estimate of drug-likeness (QED) is 0.182. The van der Waals surface area contributed by atoms with Crippen LogP contribution >= 0.6 is 12.6 Å². The van der Waals surface area contributed by atoms with Crippen LogP contribution in [0, 0.1) is 10.1 Å². The van der Waals surface area contributed by atoms with Gasteiger partial charge in [0, 0.05) is 44.5 Å². The normalized spacial score (nSPS) is 11.6. The summed E-state index contributed by atoms with van der Waals surface area (Å²) < 4.78 is 35.4. The smallest absolute Gasteiger partial charge is 0.339 e. The predicted octanol–water partition coefficient (Wildman–Crippen LogP) is 1.35. The molecular weight excluding hydrogens is 410 g/mol. The van der Waals surface area contributed by atoms with Crippen LogP contribution in [-0.4, -0.2) is 61.3 Å². The summed E-state index contributed by atoms with van der Waals surface area (Å²) in [6, 6.07) is 0.910. The third-order valence-corrected chi connectivity index (χ3v) is 5.47. The molecule has 0 amide bonds.